The van der Waals surface area contributed by atoms with Crippen molar-refractivity contribution in [3.8, 4) is 5.75 Å². The summed E-state index contributed by atoms with van der Waals surface area (Å²) in [5.74, 6) is 2.87. The molecule has 0 aliphatic rings. The molecule has 0 heterocycles. The molecule has 0 unspecified atom stereocenters. The summed E-state index contributed by atoms with van der Waals surface area (Å²) < 4.78 is 11.8. The predicted molar refractivity (Wildman–Crippen MR) is 127 cm³/mol. The van der Waals surface area contributed by atoms with Crippen LogP contribution in [0.2, 0.25) is 0 Å². The van der Waals surface area contributed by atoms with Gasteiger partial charge in [0.2, 0.25) is 0 Å². The number of unbranched alkanes of at least 4 members (excludes halogenated alkanes) is 9. The molecule has 0 saturated carbocycles. The van der Waals surface area contributed by atoms with Crippen molar-refractivity contribution in [3.05, 3.63) is 35.4 Å². The summed E-state index contributed by atoms with van der Waals surface area (Å²) in [6.45, 7) is 12.1. The Morgan fingerprint density at radius 3 is 1.86 bits per heavy atom. The van der Waals surface area contributed by atoms with Crippen molar-refractivity contribution in [1.82, 2.24) is 0 Å². The number of hydrogen-bond donors (Lipinski definition) is 0. The standard InChI is InChI=1S/C27H46O2/c1-7-8-9-10-11-12-13-14-15-16-20-29-27(26(22(2)3)23(4)5)24-18-17-19-25(21-24)28-6/h17-19,21-23H,7-16,20H2,1-6H3. The van der Waals surface area contributed by atoms with Crippen molar-refractivity contribution in [2.24, 2.45) is 11.8 Å². The monoisotopic (exact) mass is 402 g/mol. The predicted octanol–water partition coefficient (Wildman–Crippen LogP) is 8.66. The van der Waals surface area contributed by atoms with Gasteiger partial charge in [-0.05, 0) is 36.0 Å². The second-order valence-electron chi connectivity index (χ2n) is 8.86. The van der Waals surface area contributed by atoms with Crippen molar-refractivity contribution in [3.63, 3.8) is 0 Å². The van der Waals surface area contributed by atoms with Gasteiger partial charge in [0, 0.05) is 5.56 Å². The Morgan fingerprint density at radius 2 is 1.34 bits per heavy atom. The van der Waals surface area contributed by atoms with Gasteiger partial charge in [-0.15, -0.1) is 0 Å². The van der Waals surface area contributed by atoms with E-state index in [9.17, 15) is 0 Å². The maximum absolute atomic E-state index is 6.41. The van der Waals surface area contributed by atoms with Gasteiger partial charge in [-0.3, -0.25) is 0 Å². The van der Waals surface area contributed by atoms with Crippen molar-refractivity contribution in [1.29, 1.82) is 0 Å². The first-order valence-electron chi connectivity index (χ1n) is 12.0. The van der Waals surface area contributed by atoms with Crippen LogP contribution in [-0.2, 0) is 4.74 Å². The molecule has 2 heteroatoms. The van der Waals surface area contributed by atoms with Gasteiger partial charge in [0.15, 0.2) is 0 Å². The second-order valence-corrected chi connectivity index (χ2v) is 8.86. The minimum atomic E-state index is 0.462. The van der Waals surface area contributed by atoms with E-state index in [-0.39, 0.29) is 0 Å². The van der Waals surface area contributed by atoms with E-state index in [0.717, 1.165) is 30.1 Å². The van der Waals surface area contributed by atoms with Crippen LogP contribution in [0.25, 0.3) is 5.76 Å². The van der Waals surface area contributed by atoms with E-state index in [0.29, 0.717) is 11.8 Å². The normalized spacial score (nSPS) is 11.2. The topological polar surface area (TPSA) is 18.5 Å². The largest absolute Gasteiger partial charge is 0.497 e. The Morgan fingerprint density at radius 1 is 0.793 bits per heavy atom. The van der Waals surface area contributed by atoms with Crippen LogP contribution in [0.4, 0.5) is 0 Å². The van der Waals surface area contributed by atoms with Crippen molar-refractivity contribution >= 4 is 5.76 Å². The minimum absolute atomic E-state index is 0.462. The Balaban J connectivity index is 2.54. The fourth-order valence-electron chi connectivity index (χ4n) is 4.05. The van der Waals surface area contributed by atoms with Crippen LogP contribution < -0.4 is 4.74 Å². The molecule has 0 bridgehead atoms. The van der Waals surface area contributed by atoms with Gasteiger partial charge >= 0.3 is 0 Å². The zero-order chi connectivity index (χ0) is 21.5. The first-order valence-corrected chi connectivity index (χ1v) is 12.0. The fraction of sp³-hybridized carbons (Fsp3) is 0.704. The number of allylic oxidation sites excluding steroid dienone is 1. The summed E-state index contributed by atoms with van der Waals surface area (Å²) in [4.78, 5) is 0. The van der Waals surface area contributed by atoms with Crippen molar-refractivity contribution < 1.29 is 9.47 Å². The number of benzene rings is 1. The van der Waals surface area contributed by atoms with Crippen LogP contribution in [0.5, 0.6) is 5.75 Å². The molecule has 1 aromatic carbocycles. The van der Waals surface area contributed by atoms with Crippen LogP contribution >= 0.6 is 0 Å². The van der Waals surface area contributed by atoms with Crippen LogP contribution in [-0.4, -0.2) is 13.7 Å². The van der Waals surface area contributed by atoms with Crippen LogP contribution in [0.3, 0.4) is 0 Å². The molecular formula is C27H46O2. The molecule has 0 N–H and O–H groups in total. The van der Waals surface area contributed by atoms with Gasteiger partial charge in [-0.25, -0.2) is 0 Å². The van der Waals surface area contributed by atoms with Gasteiger partial charge < -0.3 is 9.47 Å². The molecule has 0 aliphatic heterocycles. The summed E-state index contributed by atoms with van der Waals surface area (Å²) in [5.41, 5.74) is 2.53. The first-order chi connectivity index (χ1) is 14.0. The highest BCUT2D eigenvalue weighted by molar-refractivity contribution is 5.65. The summed E-state index contributed by atoms with van der Waals surface area (Å²) in [5, 5.41) is 0. The van der Waals surface area contributed by atoms with E-state index in [4.69, 9.17) is 9.47 Å². The lowest BCUT2D eigenvalue weighted by atomic mass is 9.89. The Bertz CT molecular complexity index is 562. The third-order valence-electron chi connectivity index (χ3n) is 5.58. The van der Waals surface area contributed by atoms with Crippen molar-refractivity contribution in [2.75, 3.05) is 13.7 Å². The Labute approximate surface area is 181 Å². The van der Waals surface area contributed by atoms with Gasteiger partial charge in [-0.1, -0.05) is 105 Å². The van der Waals surface area contributed by atoms with Gasteiger partial charge in [0.1, 0.15) is 11.5 Å². The lowest BCUT2D eigenvalue weighted by molar-refractivity contribution is 0.259. The Hall–Kier alpha value is -1.44. The highest BCUT2D eigenvalue weighted by atomic mass is 16.5. The van der Waals surface area contributed by atoms with E-state index in [1.54, 1.807) is 7.11 Å². The third kappa shape index (κ3) is 10.2. The molecule has 1 rings (SSSR count). The van der Waals surface area contributed by atoms with E-state index in [1.807, 2.05) is 6.07 Å². The zero-order valence-corrected chi connectivity index (χ0v) is 20.1. The SMILES string of the molecule is CCCCCCCCCCCCOC(=C(C(C)C)C(C)C)c1cccc(OC)c1. The van der Waals surface area contributed by atoms with E-state index < -0.39 is 0 Å². The second kappa shape index (κ2) is 15.4. The maximum atomic E-state index is 6.41. The Kier molecular flexibility index (Phi) is 13.6. The zero-order valence-electron chi connectivity index (χ0n) is 20.1. The molecule has 0 amide bonds. The van der Waals surface area contributed by atoms with E-state index in [1.165, 1.54) is 63.4 Å². The summed E-state index contributed by atoms with van der Waals surface area (Å²) >= 11 is 0. The fourth-order valence-corrected chi connectivity index (χ4v) is 4.05. The lowest BCUT2D eigenvalue weighted by Crippen LogP contribution is -2.09. The van der Waals surface area contributed by atoms with Crippen LogP contribution in [0.15, 0.2) is 29.8 Å². The van der Waals surface area contributed by atoms with Crippen molar-refractivity contribution in [2.45, 2.75) is 98.8 Å². The number of methoxy groups -OCH3 is 1. The molecule has 0 atom stereocenters. The molecule has 0 spiro atoms. The van der Waals surface area contributed by atoms with E-state index in [2.05, 4.69) is 52.8 Å². The molecule has 1 aromatic rings. The average Bonchev–Trinajstić information content (AvgIpc) is 2.70. The molecular weight excluding hydrogens is 356 g/mol. The molecule has 2 nitrogen and oxygen atoms in total. The van der Waals surface area contributed by atoms with Gasteiger partial charge in [0.25, 0.3) is 0 Å². The highest BCUT2D eigenvalue weighted by Gasteiger charge is 2.18. The average molecular weight is 403 g/mol. The highest BCUT2D eigenvalue weighted by Crippen LogP contribution is 2.32. The molecule has 0 aromatic heterocycles. The molecule has 166 valence electrons. The smallest absolute Gasteiger partial charge is 0.126 e. The van der Waals surface area contributed by atoms with Crippen LogP contribution in [0, 0.1) is 11.8 Å². The summed E-state index contributed by atoms with van der Waals surface area (Å²) in [6, 6.07) is 8.28. The first kappa shape index (κ1) is 25.6. The lowest BCUT2D eigenvalue weighted by Gasteiger charge is -2.23. The van der Waals surface area contributed by atoms with Crippen LogP contribution in [0.1, 0.15) is 104 Å². The molecule has 29 heavy (non-hydrogen) atoms. The molecule has 0 radical (unpaired) electrons. The maximum Gasteiger partial charge on any atom is 0.126 e. The van der Waals surface area contributed by atoms with E-state index >= 15 is 0 Å². The minimum Gasteiger partial charge on any atom is -0.497 e. The number of rotatable bonds is 16. The number of ether oxygens (including phenoxy) is 2. The number of hydrogen-bond acceptors (Lipinski definition) is 2. The molecule has 0 saturated heterocycles. The summed E-state index contributed by atoms with van der Waals surface area (Å²) in [7, 11) is 1.72. The quantitative estimate of drug-likeness (QED) is 0.203. The molecule has 0 fully saturated rings. The van der Waals surface area contributed by atoms with Gasteiger partial charge in [-0.2, -0.15) is 0 Å². The third-order valence-corrected chi connectivity index (χ3v) is 5.58. The molecule has 0 aliphatic carbocycles. The summed E-state index contributed by atoms with van der Waals surface area (Å²) in [6.07, 6.45) is 13.5. The van der Waals surface area contributed by atoms with Gasteiger partial charge in [0.05, 0.1) is 13.7 Å².